The number of carbonyl (C=O) groups excluding carboxylic acids is 1. The summed E-state index contributed by atoms with van der Waals surface area (Å²) >= 11 is 1.46. The molecule has 1 fully saturated rings. The highest BCUT2D eigenvalue weighted by molar-refractivity contribution is 7.15. The fourth-order valence-electron chi connectivity index (χ4n) is 1.94. The van der Waals surface area contributed by atoms with Crippen molar-refractivity contribution in [1.29, 1.82) is 0 Å². The highest BCUT2D eigenvalue weighted by atomic mass is 32.1. The van der Waals surface area contributed by atoms with Crippen molar-refractivity contribution in [3.63, 3.8) is 0 Å². The van der Waals surface area contributed by atoms with Crippen molar-refractivity contribution in [2.24, 2.45) is 0 Å². The molecular formula is C16H17N3O2S. The van der Waals surface area contributed by atoms with Gasteiger partial charge < -0.3 is 4.74 Å². The molecule has 0 radical (unpaired) electrons. The summed E-state index contributed by atoms with van der Waals surface area (Å²) in [5.74, 6) is 1.18. The van der Waals surface area contributed by atoms with Crippen LogP contribution in [0.1, 0.15) is 36.3 Å². The maximum Gasteiger partial charge on any atom is 0.250 e. The van der Waals surface area contributed by atoms with Crippen LogP contribution >= 0.6 is 11.3 Å². The van der Waals surface area contributed by atoms with Gasteiger partial charge in [-0.1, -0.05) is 23.5 Å². The van der Waals surface area contributed by atoms with Crippen molar-refractivity contribution in [2.75, 3.05) is 11.9 Å². The Kier molecular flexibility index (Phi) is 4.48. The number of nitrogens with zero attached hydrogens (tertiary/aromatic N) is 2. The molecule has 1 aliphatic rings. The van der Waals surface area contributed by atoms with Crippen molar-refractivity contribution < 1.29 is 9.53 Å². The SMILES string of the molecule is CCOc1ccc(C=CC(=O)Nc2nnc(C3CC3)s2)cc1. The second kappa shape index (κ2) is 6.70. The normalized spacial score (nSPS) is 14.2. The zero-order valence-electron chi connectivity index (χ0n) is 12.3. The summed E-state index contributed by atoms with van der Waals surface area (Å²) in [6, 6.07) is 7.58. The number of hydrogen-bond acceptors (Lipinski definition) is 5. The van der Waals surface area contributed by atoms with Crippen molar-refractivity contribution in [3.05, 3.63) is 40.9 Å². The minimum Gasteiger partial charge on any atom is -0.494 e. The summed E-state index contributed by atoms with van der Waals surface area (Å²) < 4.78 is 5.37. The number of aromatic nitrogens is 2. The molecule has 1 amide bonds. The molecule has 1 aliphatic carbocycles. The van der Waals surface area contributed by atoms with E-state index in [0.717, 1.165) is 16.3 Å². The lowest BCUT2D eigenvalue weighted by Crippen LogP contribution is -2.07. The lowest BCUT2D eigenvalue weighted by atomic mass is 10.2. The van der Waals surface area contributed by atoms with E-state index >= 15 is 0 Å². The molecule has 2 aromatic rings. The van der Waals surface area contributed by atoms with Gasteiger partial charge in [-0.05, 0) is 43.5 Å². The molecule has 0 atom stereocenters. The van der Waals surface area contributed by atoms with E-state index in [-0.39, 0.29) is 5.91 Å². The third-order valence-corrected chi connectivity index (χ3v) is 4.22. The van der Waals surface area contributed by atoms with Crippen LogP contribution in [0.2, 0.25) is 0 Å². The third-order valence-electron chi connectivity index (χ3n) is 3.22. The van der Waals surface area contributed by atoms with Gasteiger partial charge in [0.2, 0.25) is 11.0 Å². The molecule has 22 heavy (non-hydrogen) atoms. The quantitative estimate of drug-likeness (QED) is 0.829. The Morgan fingerprint density at radius 1 is 1.36 bits per heavy atom. The van der Waals surface area contributed by atoms with Crippen molar-refractivity contribution in [2.45, 2.75) is 25.7 Å². The number of anilines is 1. The minimum absolute atomic E-state index is 0.201. The van der Waals surface area contributed by atoms with E-state index in [1.165, 1.54) is 30.3 Å². The fraction of sp³-hybridized carbons (Fsp3) is 0.312. The first-order chi connectivity index (χ1) is 10.7. The van der Waals surface area contributed by atoms with Crippen LogP contribution in [0, 0.1) is 0 Å². The van der Waals surface area contributed by atoms with Crippen LogP contribution < -0.4 is 10.1 Å². The highest BCUT2D eigenvalue weighted by Gasteiger charge is 2.27. The molecule has 1 heterocycles. The standard InChI is InChI=1S/C16H17N3O2S/c1-2-21-13-8-3-11(4-9-13)5-10-14(20)17-16-19-18-15(22-16)12-6-7-12/h3-5,8-10,12H,2,6-7H2,1H3,(H,17,19,20). The van der Waals surface area contributed by atoms with Crippen molar-refractivity contribution >= 4 is 28.5 Å². The number of nitrogens with one attached hydrogen (secondary N) is 1. The van der Waals surface area contributed by atoms with E-state index < -0.39 is 0 Å². The Hall–Kier alpha value is -2.21. The fourth-order valence-corrected chi connectivity index (χ4v) is 2.86. The largest absolute Gasteiger partial charge is 0.494 e. The van der Waals surface area contributed by atoms with Crippen LogP contribution in [0.25, 0.3) is 6.08 Å². The Morgan fingerprint density at radius 3 is 2.82 bits per heavy atom. The summed E-state index contributed by atoms with van der Waals surface area (Å²) in [6.45, 7) is 2.59. The number of carbonyl (C=O) groups is 1. The molecule has 1 aromatic heterocycles. The number of hydrogen-bond donors (Lipinski definition) is 1. The maximum absolute atomic E-state index is 11.9. The number of rotatable bonds is 6. The highest BCUT2D eigenvalue weighted by Crippen LogP contribution is 2.41. The molecule has 1 aromatic carbocycles. The molecule has 114 valence electrons. The molecule has 3 rings (SSSR count). The minimum atomic E-state index is -0.201. The summed E-state index contributed by atoms with van der Waals surface area (Å²) in [6.07, 6.45) is 5.61. The zero-order chi connectivity index (χ0) is 15.4. The van der Waals surface area contributed by atoms with Crippen LogP contribution in [0.4, 0.5) is 5.13 Å². The summed E-state index contributed by atoms with van der Waals surface area (Å²) in [7, 11) is 0. The van der Waals surface area contributed by atoms with E-state index in [2.05, 4.69) is 15.5 Å². The van der Waals surface area contributed by atoms with Gasteiger partial charge in [-0.25, -0.2) is 0 Å². The first-order valence-corrected chi connectivity index (χ1v) is 8.11. The molecule has 0 spiro atoms. The van der Waals surface area contributed by atoms with E-state index in [1.807, 2.05) is 31.2 Å². The topological polar surface area (TPSA) is 64.1 Å². The van der Waals surface area contributed by atoms with Gasteiger partial charge in [-0.3, -0.25) is 10.1 Å². The number of benzene rings is 1. The van der Waals surface area contributed by atoms with Crippen LogP contribution in [-0.2, 0) is 4.79 Å². The van der Waals surface area contributed by atoms with Gasteiger partial charge in [0, 0.05) is 12.0 Å². The molecule has 1 N–H and O–H groups in total. The van der Waals surface area contributed by atoms with Gasteiger partial charge in [-0.2, -0.15) is 0 Å². The van der Waals surface area contributed by atoms with Crippen LogP contribution in [-0.4, -0.2) is 22.7 Å². The Morgan fingerprint density at radius 2 is 2.14 bits per heavy atom. The molecule has 1 saturated carbocycles. The Bertz CT molecular complexity index is 675. The molecule has 0 aliphatic heterocycles. The van der Waals surface area contributed by atoms with E-state index in [0.29, 0.717) is 17.7 Å². The Balaban J connectivity index is 1.55. The van der Waals surface area contributed by atoms with Crippen molar-refractivity contribution in [1.82, 2.24) is 10.2 Å². The zero-order valence-corrected chi connectivity index (χ0v) is 13.1. The van der Waals surface area contributed by atoms with Crippen LogP contribution in [0.5, 0.6) is 5.75 Å². The molecule has 0 unspecified atom stereocenters. The number of ether oxygens (including phenoxy) is 1. The van der Waals surface area contributed by atoms with Crippen LogP contribution in [0.15, 0.2) is 30.3 Å². The van der Waals surface area contributed by atoms with Gasteiger partial charge >= 0.3 is 0 Å². The first kappa shape index (κ1) is 14.7. The predicted octanol–water partition coefficient (Wildman–Crippen LogP) is 3.47. The van der Waals surface area contributed by atoms with Gasteiger partial charge in [0.05, 0.1) is 6.61 Å². The smallest absolute Gasteiger partial charge is 0.250 e. The summed E-state index contributed by atoms with van der Waals surface area (Å²) in [5.41, 5.74) is 0.939. The molecule has 5 nitrogen and oxygen atoms in total. The number of amides is 1. The van der Waals surface area contributed by atoms with E-state index in [4.69, 9.17) is 4.74 Å². The van der Waals surface area contributed by atoms with Gasteiger partial charge in [-0.15, -0.1) is 10.2 Å². The average molecular weight is 315 g/mol. The molecular weight excluding hydrogens is 298 g/mol. The lowest BCUT2D eigenvalue weighted by molar-refractivity contribution is -0.111. The summed E-state index contributed by atoms with van der Waals surface area (Å²) in [4.78, 5) is 11.9. The Labute approximate surface area is 133 Å². The first-order valence-electron chi connectivity index (χ1n) is 7.30. The monoisotopic (exact) mass is 315 g/mol. The molecule has 0 bridgehead atoms. The predicted molar refractivity (Wildman–Crippen MR) is 87.2 cm³/mol. The third kappa shape index (κ3) is 3.92. The van der Waals surface area contributed by atoms with Crippen LogP contribution in [0.3, 0.4) is 0 Å². The second-order valence-electron chi connectivity index (χ2n) is 5.04. The van der Waals surface area contributed by atoms with E-state index in [9.17, 15) is 4.79 Å². The second-order valence-corrected chi connectivity index (χ2v) is 6.05. The lowest BCUT2D eigenvalue weighted by Gasteiger charge is -2.02. The summed E-state index contributed by atoms with van der Waals surface area (Å²) in [5, 5.41) is 12.4. The average Bonchev–Trinajstić information content (AvgIpc) is 3.27. The van der Waals surface area contributed by atoms with E-state index in [1.54, 1.807) is 6.08 Å². The maximum atomic E-state index is 11.9. The molecule has 0 saturated heterocycles. The van der Waals surface area contributed by atoms with Crippen molar-refractivity contribution in [3.8, 4) is 5.75 Å². The van der Waals surface area contributed by atoms with Gasteiger partial charge in [0.15, 0.2) is 0 Å². The molecule has 6 heteroatoms. The van der Waals surface area contributed by atoms with Gasteiger partial charge in [0.25, 0.3) is 0 Å². The van der Waals surface area contributed by atoms with Gasteiger partial charge in [0.1, 0.15) is 10.8 Å².